The van der Waals surface area contributed by atoms with Crippen LogP contribution in [0.3, 0.4) is 0 Å². The molecule has 0 radical (unpaired) electrons. The Bertz CT molecular complexity index is 1400. The van der Waals surface area contributed by atoms with E-state index in [0.717, 1.165) is 18.7 Å². The van der Waals surface area contributed by atoms with E-state index in [0.29, 0.717) is 61.3 Å². The number of aliphatic hydroxyl groups is 1. The lowest BCUT2D eigenvalue weighted by atomic mass is 9.95. The van der Waals surface area contributed by atoms with Gasteiger partial charge in [-0.25, -0.2) is 0 Å². The Labute approximate surface area is 239 Å². The molecule has 1 amide bonds. The van der Waals surface area contributed by atoms with Crippen molar-refractivity contribution in [3.63, 3.8) is 0 Å². The summed E-state index contributed by atoms with van der Waals surface area (Å²) >= 11 is 0. The minimum Gasteiger partial charge on any atom is -0.507 e. The third-order valence-electron chi connectivity index (χ3n) is 7.40. The smallest absolute Gasteiger partial charge is 0.295 e. The standard InChI is InChI=1S/C32H34N2O7/c1-38-25-11-8-23(9-12-25)30(35)28-29(34(32(37)31(28)36)15-14-33-16-18-40-19-17-33)24-10-13-26(27(20-24)39-2)41-21-22-6-4-3-5-7-22/h3-13,20,29,35H,14-19,21H2,1-2H3/b30-28+. The molecule has 0 spiro atoms. The summed E-state index contributed by atoms with van der Waals surface area (Å²) in [5.74, 6) is -0.0225. The van der Waals surface area contributed by atoms with Gasteiger partial charge in [0, 0.05) is 31.7 Å². The van der Waals surface area contributed by atoms with Gasteiger partial charge in [-0.05, 0) is 47.5 Å². The van der Waals surface area contributed by atoms with Crippen LogP contribution in [0, 0.1) is 0 Å². The van der Waals surface area contributed by atoms with Gasteiger partial charge in [0.1, 0.15) is 18.1 Å². The number of aliphatic hydroxyl groups excluding tert-OH is 1. The van der Waals surface area contributed by atoms with Gasteiger partial charge < -0.3 is 29.0 Å². The van der Waals surface area contributed by atoms with Gasteiger partial charge in [0.15, 0.2) is 11.5 Å². The molecule has 0 saturated carbocycles. The lowest BCUT2D eigenvalue weighted by molar-refractivity contribution is -0.140. The highest BCUT2D eigenvalue weighted by molar-refractivity contribution is 6.46. The van der Waals surface area contributed by atoms with Gasteiger partial charge in [0.2, 0.25) is 0 Å². The van der Waals surface area contributed by atoms with Crippen LogP contribution in [0.4, 0.5) is 0 Å². The molecule has 2 heterocycles. The molecule has 0 bridgehead atoms. The molecule has 3 aromatic rings. The van der Waals surface area contributed by atoms with Crippen LogP contribution < -0.4 is 14.2 Å². The highest BCUT2D eigenvalue weighted by atomic mass is 16.5. The van der Waals surface area contributed by atoms with E-state index in [9.17, 15) is 14.7 Å². The van der Waals surface area contributed by atoms with Gasteiger partial charge >= 0.3 is 0 Å². The summed E-state index contributed by atoms with van der Waals surface area (Å²) in [6, 6.07) is 21.0. The Morgan fingerprint density at radius 3 is 2.32 bits per heavy atom. The fraction of sp³-hybridized carbons (Fsp3) is 0.312. The minimum atomic E-state index is -0.810. The minimum absolute atomic E-state index is 0.0298. The van der Waals surface area contributed by atoms with Crippen LogP contribution in [0.1, 0.15) is 22.7 Å². The Morgan fingerprint density at radius 2 is 1.63 bits per heavy atom. The maximum absolute atomic E-state index is 13.4. The molecule has 2 saturated heterocycles. The number of nitrogens with zero attached hydrogens (tertiary/aromatic N) is 2. The van der Waals surface area contributed by atoms with Crippen molar-refractivity contribution in [2.24, 2.45) is 0 Å². The summed E-state index contributed by atoms with van der Waals surface area (Å²) in [5.41, 5.74) is 2.08. The fourth-order valence-electron chi connectivity index (χ4n) is 5.14. The number of carbonyl (C=O) groups excluding carboxylic acids is 2. The second kappa shape index (κ2) is 12.9. The molecule has 41 heavy (non-hydrogen) atoms. The van der Waals surface area contributed by atoms with Crippen molar-refractivity contribution in [3.05, 3.63) is 95.1 Å². The summed E-state index contributed by atoms with van der Waals surface area (Å²) in [6.45, 7) is 3.99. The van der Waals surface area contributed by atoms with Crippen molar-refractivity contribution in [2.45, 2.75) is 12.6 Å². The van der Waals surface area contributed by atoms with E-state index in [1.807, 2.05) is 36.4 Å². The van der Waals surface area contributed by atoms with Gasteiger partial charge in [0.05, 0.1) is 39.0 Å². The molecule has 9 heteroatoms. The monoisotopic (exact) mass is 558 g/mol. The number of hydrogen-bond donors (Lipinski definition) is 1. The lowest BCUT2D eigenvalue weighted by Crippen LogP contribution is -2.42. The zero-order chi connectivity index (χ0) is 28.8. The number of amides is 1. The summed E-state index contributed by atoms with van der Waals surface area (Å²) in [5, 5.41) is 11.4. The second-order valence-corrected chi connectivity index (χ2v) is 9.86. The van der Waals surface area contributed by atoms with Gasteiger partial charge in [-0.1, -0.05) is 36.4 Å². The van der Waals surface area contributed by atoms with E-state index in [4.69, 9.17) is 18.9 Å². The number of ether oxygens (including phenoxy) is 4. The maximum atomic E-state index is 13.4. The predicted octanol–water partition coefficient (Wildman–Crippen LogP) is 4.04. The van der Waals surface area contributed by atoms with Crippen LogP contribution >= 0.6 is 0 Å². The van der Waals surface area contributed by atoms with Gasteiger partial charge in [0.25, 0.3) is 11.7 Å². The van der Waals surface area contributed by atoms with Crippen LogP contribution in [-0.2, 0) is 20.9 Å². The maximum Gasteiger partial charge on any atom is 0.295 e. The molecule has 2 aliphatic rings. The topological polar surface area (TPSA) is 97.8 Å². The predicted molar refractivity (Wildman–Crippen MR) is 153 cm³/mol. The van der Waals surface area contributed by atoms with Crippen LogP contribution in [0.25, 0.3) is 5.76 Å². The van der Waals surface area contributed by atoms with E-state index in [-0.39, 0.29) is 11.3 Å². The van der Waals surface area contributed by atoms with Crippen molar-refractivity contribution < 1.29 is 33.6 Å². The summed E-state index contributed by atoms with van der Waals surface area (Å²) in [7, 11) is 3.09. The number of ketones is 1. The molecule has 1 unspecified atom stereocenters. The van der Waals surface area contributed by atoms with Crippen molar-refractivity contribution in [1.82, 2.24) is 9.80 Å². The molecule has 2 aliphatic heterocycles. The zero-order valence-electron chi connectivity index (χ0n) is 23.2. The van der Waals surface area contributed by atoms with Crippen molar-refractivity contribution in [2.75, 3.05) is 53.6 Å². The van der Waals surface area contributed by atoms with Crippen molar-refractivity contribution in [1.29, 1.82) is 0 Å². The lowest BCUT2D eigenvalue weighted by Gasteiger charge is -2.31. The zero-order valence-corrected chi connectivity index (χ0v) is 23.2. The number of methoxy groups -OCH3 is 2. The average Bonchev–Trinajstić information content (AvgIpc) is 3.28. The van der Waals surface area contributed by atoms with E-state index < -0.39 is 17.7 Å². The second-order valence-electron chi connectivity index (χ2n) is 9.86. The van der Waals surface area contributed by atoms with Crippen LogP contribution in [0.15, 0.2) is 78.4 Å². The molecule has 1 atom stereocenters. The molecular weight excluding hydrogens is 524 g/mol. The highest BCUT2D eigenvalue weighted by Gasteiger charge is 2.46. The van der Waals surface area contributed by atoms with E-state index >= 15 is 0 Å². The summed E-state index contributed by atoms with van der Waals surface area (Å²) in [4.78, 5) is 30.6. The molecule has 214 valence electrons. The van der Waals surface area contributed by atoms with Crippen LogP contribution in [-0.4, -0.2) is 80.2 Å². The number of likely N-dealkylation sites (tertiary alicyclic amines) is 1. The molecule has 0 aromatic heterocycles. The van der Waals surface area contributed by atoms with Crippen molar-refractivity contribution >= 4 is 17.4 Å². The fourth-order valence-corrected chi connectivity index (χ4v) is 5.14. The first-order valence-electron chi connectivity index (χ1n) is 13.6. The number of benzene rings is 3. The van der Waals surface area contributed by atoms with Gasteiger partial charge in [-0.2, -0.15) is 0 Å². The quantitative estimate of drug-likeness (QED) is 0.226. The third-order valence-corrected chi connectivity index (χ3v) is 7.40. The normalized spacial score (nSPS) is 18.9. The first-order valence-corrected chi connectivity index (χ1v) is 13.6. The van der Waals surface area contributed by atoms with Gasteiger partial charge in [-0.15, -0.1) is 0 Å². The SMILES string of the molecule is COc1ccc(/C(O)=C2\C(=O)C(=O)N(CCN3CCOCC3)C2c2ccc(OCc3ccccc3)c(OC)c2)cc1. The number of morpholine rings is 1. The Kier molecular flexibility index (Phi) is 8.86. The molecule has 9 nitrogen and oxygen atoms in total. The number of Topliss-reactive ketones (excluding diaryl/α,β-unsaturated/α-hetero) is 1. The average molecular weight is 559 g/mol. The first-order chi connectivity index (χ1) is 20.0. The Morgan fingerprint density at radius 1 is 0.902 bits per heavy atom. The number of rotatable bonds is 10. The number of hydrogen-bond acceptors (Lipinski definition) is 8. The Balaban J connectivity index is 1.50. The molecule has 2 fully saturated rings. The molecule has 5 rings (SSSR count). The molecular formula is C32H34N2O7. The largest absolute Gasteiger partial charge is 0.507 e. The first kappa shape index (κ1) is 28.2. The molecule has 1 N–H and O–H groups in total. The molecule has 0 aliphatic carbocycles. The summed E-state index contributed by atoms with van der Waals surface area (Å²) < 4.78 is 22.4. The highest BCUT2D eigenvalue weighted by Crippen LogP contribution is 2.42. The van der Waals surface area contributed by atoms with Gasteiger partial charge in [-0.3, -0.25) is 14.5 Å². The van der Waals surface area contributed by atoms with E-state index in [1.54, 1.807) is 50.6 Å². The van der Waals surface area contributed by atoms with Crippen LogP contribution in [0.2, 0.25) is 0 Å². The van der Waals surface area contributed by atoms with Crippen molar-refractivity contribution in [3.8, 4) is 17.2 Å². The number of carbonyl (C=O) groups is 2. The third kappa shape index (κ3) is 6.21. The Hall–Kier alpha value is -4.34. The molecule has 3 aromatic carbocycles. The summed E-state index contributed by atoms with van der Waals surface area (Å²) in [6.07, 6.45) is 0. The van der Waals surface area contributed by atoms with E-state index in [1.165, 1.54) is 4.90 Å². The van der Waals surface area contributed by atoms with E-state index in [2.05, 4.69) is 4.90 Å². The van der Waals surface area contributed by atoms with Crippen LogP contribution in [0.5, 0.6) is 17.2 Å².